The molecule has 0 radical (unpaired) electrons. The number of nitrogens with zero attached hydrogens (tertiary/aromatic N) is 3. The second kappa shape index (κ2) is 13.9. The summed E-state index contributed by atoms with van der Waals surface area (Å²) in [7, 11) is 0. The number of benzene rings is 4. The lowest BCUT2D eigenvalue weighted by Gasteiger charge is -2.29. The van der Waals surface area contributed by atoms with Crippen molar-refractivity contribution in [1.82, 2.24) is 4.90 Å². The maximum Gasteiger partial charge on any atom is 0.258 e. The fourth-order valence-electron chi connectivity index (χ4n) is 6.09. The van der Waals surface area contributed by atoms with Gasteiger partial charge in [-0.3, -0.25) is 14.5 Å². The van der Waals surface area contributed by atoms with Crippen molar-refractivity contribution < 1.29 is 14.3 Å². The zero-order valence-electron chi connectivity index (χ0n) is 25.4. The molecule has 226 valence electrons. The summed E-state index contributed by atoms with van der Waals surface area (Å²) in [5.41, 5.74) is 6.95. The van der Waals surface area contributed by atoms with Crippen molar-refractivity contribution in [1.29, 1.82) is 0 Å². The standard InChI is InChI=1S/C37H40N4O3/c1-28-12-14-29(15-13-28)32-8-2-3-9-33(32)36(42)38-31-18-16-30(17-19-31)37(43)41-23-7-22-40(34-10-4-5-11-35(34)41)21-6-20-39-24-26-44-27-25-39/h2-5,8-19H,6-7,20-27H2,1H3,(H,38,42). The molecule has 6 rings (SSSR count). The van der Waals surface area contributed by atoms with Crippen LogP contribution in [0.15, 0.2) is 97.1 Å². The van der Waals surface area contributed by atoms with Gasteiger partial charge in [-0.25, -0.2) is 0 Å². The Bertz CT molecular complexity index is 1580. The molecule has 2 heterocycles. The van der Waals surface area contributed by atoms with Gasteiger partial charge in [-0.15, -0.1) is 0 Å². The highest BCUT2D eigenvalue weighted by Crippen LogP contribution is 2.33. The zero-order chi connectivity index (χ0) is 30.3. The molecular formula is C37H40N4O3. The smallest absolute Gasteiger partial charge is 0.258 e. The Kier molecular flexibility index (Phi) is 9.34. The molecule has 1 fully saturated rings. The number of morpholine rings is 1. The number of hydrogen-bond acceptors (Lipinski definition) is 5. The highest BCUT2D eigenvalue weighted by molar-refractivity contribution is 6.10. The minimum atomic E-state index is -0.185. The average molecular weight is 589 g/mol. The van der Waals surface area contributed by atoms with Crippen LogP contribution in [0.1, 0.15) is 39.1 Å². The lowest BCUT2D eigenvalue weighted by atomic mass is 9.98. The summed E-state index contributed by atoms with van der Waals surface area (Å²) in [6.07, 6.45) is 1.97. The van der Waals surface area contributed by atoms with Crippen LogP contribution in [0.2, 0.25) is 0 Å². The molecule has 2 aliphatic rings. The molecule has 0 atom stereocenters. The molecule has 1 N–H and O–H groups in total. The van der Waals surface area contributed by atoms with Gasteiger partial charge in [0.15, 0.2) is 0 Å². The van der Waals surface area contributed by atoms with Gasteiger partial charge in [0, 0.05) is 56.1 Å². The number of fused-ring (bicyclic) bond motifs is 1. The molecule has 0 unspecified atom stereocenters. The number of aryl methyl sites for hydroxylation is 1. The number of nitrogens with one attached hydrogen (secondary N) is 1. The summed E-state index contributed by atoms with van der Waals surface area (Å²) in [5, 5.41) is 3.02. The van der Waals surface area contributed by atoms with E-state index in [4.69, 9.17) is 4.74 Å². The maximum absolute atomic E-state index is 13.8. The number of amides is 2. The van der Waals surface area contributed by atoms with Gasteiger partial charge in [0.25, 0.3) is 11.8 Å². The molecule has 4 aromatic rings. The number of ether oxygens (including phenoxy) is 1. The Morgan fingerprint density at radius 3 is 2.23 bits per heavy atom. The number of para-hydroxylation sites is 2. The topological polar surface area (TPSA) is 65.1 Å². The van der Waals surface area contributed by atoms with Gasteiger partial charge in [0.2, 0.25) is 0 Å². The van der Waals surface area contributed by atoms with Crippen molar-refractivity contribution in [3.8, 4) is 11.1 Å². The lowest BCUT2D eigenvalue weighted by molar-refractivity contribution is 0.0376. The van der Waals surface area contributed by atoms with Crippen molar-refractivity contribution in [3.63, 3.8) is 0 Å². The third kappa shape index (κ3) is 6.85. The summed E-state index contributed by atoms with van der Waals surface area (Å²) in [5.74, 6) is -0.217. The van der Waals surface area contributed by atoms with Crippen LogP contribution in [0.3, 0.4) is 0 Å². The van der Waals surface area contributed by atoms with E-state index in [0.29, 0.717) is 23.4 Å². The molecule has 2 aliphatic heterocycles. The van der Waals surface area contributed by atoms with Gasteiger partial charge in [0.05, 0.1) is 24.6 Å². The Morgan fingerprint density at radius 1 is 0.750 bits per heavy atom. The van der Waals surface area contributed by atoms with Crippen LogP contribution in [-0.4, -0.2) is 69.2 Å². The molecule has 0 aliphatic carbocycles. The van der Waals surface area contributed by atoms with E-state index in [-0.39, 0.29) is 11.8 Å². The van der Waals surface area contributed by atoms with Gasteiger partial charge in [0.1, 0.15) is 0 Å². The summed E-state index contributed by atoms with van der Waals surface area (Å²) in [4.78, 5) is 33.9. The quantitative estimate of drug-likeness (QED) is 0.255. The lowest BCUT2D eigenvalue weighted by Crippen LogP contribution is -2.38. The predicted molar refractivity (Wildman–Crippen MR) is 178 cm³/mol. The van der Waals surface area contributed by atoms with Gasteiger partial charge < -0.3 is 19.9 Å². The normalized spacial score (nSPS) is 15.4. The fourth-order valence-corrected chi connectivity index (χ4v) is 6.09. The van der Waals surface area contributed by atoms with E-state index in [1.54, 1.807) is 24.3 Å². The van der Waals surface area contributed by atoms with E-state index < -0.39 is 0 Å². The third-order valence-electron chi connectivity index (χ3n) is 8.50. The first-order valence-electron chi connectivity index (χ1n) is 15.6. The van der Waals surface area contributed by atoms with E-state index in [1.807, 2.05) is 72.5 Å². The SMILES string of the molecule is Cc1ccc(-c2ccccc2C(=O)Nc2ccc(C(=O)N3CCCN(CCCN4CCOCC4)c4ccccc43)cc2)cc1. The molecule has 0 bridgehead atoms. The van der Waals surface area contributed by atoms with Crippen molar-refractivity contribution >= 4 is 28.9 Å². The Balaban J connectivity index is 1.13. The molecule has 44 heavy (non-hydrogen) atoms. The molecule has 0 saturated carbocycles. The maximum atomic E-state index is 13.8. The fraction of sp³-hybridized carbons (Fsp3) is 0.297. The monoisotopic (exact) mass is 588 g/mol. The second-order valence-corrected chi connectivity index (χ2v) is 11.5. The highest BCUT2D eigenvalue weighted by Gasteiger charge is 2.25. The van der Waals surface area contributed by atoms with Crippen LogP contribution >= 0.6 is 0 Å². The molecule has 0 spiro atoms. The number of anilines is 3. The first-order chi connectivity index (χ1) is 21.6. The molecule has 7 heteroatoms. The van der Waals surface area contributed by atoms with Crippen molar-refractivity contribution in [2.24, 2.45) is 0 Å². The average Bonchev–Trinajstić information content (AvgIpc) is 3.25. The minimum Gasteiger partial charge on any atom is -0.379 e. The molecule has 1 saturated heterocycles. The number of carbonyl (C=O) groups excluding carboxylic acids is 2. The third-order valence-corrected chi connectivity index (χ3v) is 8.50. The Labute approximate surface area is 260 Å². The van der Waals surface area contributed by atoms with Gasteiger partial charge in [-0.2, -0.15) is 0 Å². The minimum absolute atomic E-state index is 0.0322. The van der Waals surface area contributed by atoms with Crippen molar-refractivity contribution in [3.05, 3.63) is 114 Å². The van der Waals surface area contributed by atoms with E-state index in [0.717, 1.165) is 81.3 Å². The van der Waals surface area contributed by atoms with Crippen LogP contribution < -0.4 is 15.1 Å². The zero-order valence-corrected chi connectivity index (χ0v) is 25.4. The molecule has 4 aromatic carbocycles. The molecular weight excluding hydrogens is 548 g/mol. The largest absolute Gasteiger partial charge is 0.379 e. The van der Waals surface area contributed by atoms with Crippen molar-refractivity contribution in [2.75, 3.05) is 67.6 Å². The summed E-state index contributed by atoms with van der Waals surface area (Å²) in [6.45, 7) is 9.28. The first-order valence-corrected chi connectivity index (χ1v) is 15.6. The number of rotatable bonds is 8. The van der Waals surface area contributed by atoms with Crippen LogP contribution in [0.4, 0.5) is 17.1 Å². The van der Waals surface area contributed by atoms with Crippen LogP contribution in [0.25, 0.3) is 11.1 Å². The van der Waals surface area contributed by atoms with E-state index in [2.05, 4.69) is 27.2 Å². The molecule has 0 aromatic heterocycles. The first kappa shape index (κ1) is 29.6. The Hall–Kier alpha value is -4.46. The van der Waals surface area contributed by atoms with Crippen LogP contribution in [0.5, 0.6) is 0 Å². The van der Waals surface area contributed by atoms with E-state index >= 15 is 0 Å². The summed E-state index contributed by atoms with van der Waals surface area (Å²) >= 11 is 0. The number of hydrogen-bond donors (Lipinski definition) is 1. The molecule has 2 amide bonds. The summed E-state index contributed by atoms with van der Waals surface area (Å²) < 4.78 is 5.49. The summed E-state index contributed by atoms with van der Waals surface area (Å²) in [6, 6.07) is 31.2. The van der Waals surface area contributed by atoms with Crippen molar-refractivity contribution in [2.45, 2.75) is 19.8 Å². The Morgan fingerprint density at radius 2 is 1.45 bits per heavy atom. The van der Waals surface area contributed by atoms with Crippen LogP contribution in [0, 0.1) is 6.92 Å². The van der Waals surface area contributed by atoms with E-state index in [1.165, 1.54) is 5.56 Å². The molecule has 7 nitrogen and oxygen atoms in total. The number of carbonyl (C=O) groups is 2. The predicted octanol–water partition coefficient (Wildman–Crippen LogP) is 6.49. The van der Waals surface area contributed by atoms with E-state index in [9.17, 15) is 9.59 Å². The van der Waals surface area contributed by atoms with Gasteiger partial charge in [-0.05, 0) is 73.4 Å². The second-order valence-electron chi connectivity index (χ2n) is 11.5. The highest BCUT2D eigenvalue weighted by atomic mass is 16.5. The van der Waals surface area contributed by atoms with Crippen LogP contribution in [-0.2, 0) is 4.74 Å². The van der Waals surface area contributed by atoms with Gasteiger partial charge in [-0.1, -0.05) is 60.2 Å². The van der Waals surface area contributed by atoms with Gasteiger partial charge >= 0.3 is 0 Å².